The van der Waals surface area contributed by atoms with Gasteiger partial charge >= 0.3 is 0 Å². The van der Waals surface area contributed by atoms with Crippen LogP contribution in [0.3, 0.4) is 0 Å². The maximum atomic E-state index is 11.2. The highest BCUT2D eigenvalue weighted by atomic mass is 16.5. The van der Waals surface area contributed by atoms with Crippen LogP contribution in [0.2, 0.25) is 0 Å². The first-order valence-electron chi connectivity index (χ1n) is 6.01. The average Bonchev–Trinajstić information content (AvgIpc) is 2.48. The van der Waals surface area contributed by atoms with Gasteiger partial charge in [0.15, 0.2) is 0 Å². The van der Waals surface area contributed by atoms with Crippen LogP contribution in [0.25, 0.3) is 10.9 Å². The van der Waals surface area contributed by atoms with Gasteiger partial charge in [0.2, 0.25) is 11.8 Å². The molecule has 3 aromatic rings. The predicted octanol–water partition coefficient (Wildman–Crippen LogP) is 2.52. The van der Waals surface area contributed by atoms with Crippen molar-refractivity contribution in [1.82, 2.24) is 9.97 Å². The second-order valence-corrected chi connectivity index (χ2v) is 4.19. The molecule has 0 bridgehead atoms. The van der Waals surface area contributed by atoms with Gasteiger partial charge in [0.05, 0.1) is 10.9 Å². The molecule has 0 radical (unpaired) electrons. The molecule has 0 aliphatic heterocycles. The fraction of sp³-hybridized carbons (Fsp3) is 0. The van der Waals surface area contributed by atoms with E-state index in [-0.39, 0.29) is 0 Å². The van der Waals surface area contributed by atoms with Gasteiger partial charge in [-0.15, -0.1) is 0 Å². The van der Waals surface area contributed by atoms with Gasteiger partial charge in [-0.05, 0) is 30.3 Å². The van der Waals surface area contributed by atoms with Crippen molar-refractivity contribution in [3.8, 4) is 11.6 Å². The Morgan fingerprint density at radius 1 is 1.05 bits per heavy atom. The summed E-state index contributed by atoms with van der Waals surface area (Å²) in [4.78, 5) is 19.5. The highest BCUT2D eigenvalue weighted by Crippen LogP contribution is 2.26. The highest BCUT2D eigenvalue weighted by molar-refractivity contribution is 5.93. The average molecular weight is 265 g/mol. The molecule has 0 unspecified atom stereocenters. The summed E-state index contributed by atoms with van der Waals surface area (Å²) in [7, 11) is 0. The maximum Gasteiger partial charge on any atom is 0.248 e. The Morgan fingerprint density at radius 2 is 1.90 bits per heavy atom. The molecule has 5 heteroatoms. The van der Waals surface area contributed by atoms with Crippen LogP contribution in [0.1, 0.15) is 10.4 Å². The van der Waals surface area contributed by atoms with E-state index in [1.54, 1.807) is 24.3 Å². The lowest BCUT2D eigenvalue weighted by Gasteiger charge is -2.07. The van der Waals surface area contributed by atoms with E-state index < -0.39 is 5.91 Å². The summed E-state index contributed by atoms with van der Waals surface area (Å²) in [6.45, 7) is 0. The van der Waals surface area contributed by atoms with Crippen molar-refractivity contribution in [2.45, 2.75) is 0 Å². The Labute approximate surface area is 115 Å². The number of benzene rings is 2. The number of fused-ring (bicyclic) bond motifs is 1. The van der Waals surface area contributed by atoms with Crippen LogP contribution in [-0.2, 0) is 0 Å². The van der Waals surface area contributed by atoms with E-state index in [1.807, 2.05) is 24.3 Å². The summed E-state index contributed by atoms with van der Waals surface area (Å²) < 4.78 is 5.72. The number of carbonyl (C=O) groups excluding carboxylic acids is 1. The fourth-order valence-corrected chi connectivity index (χ4v) is 1.89. The van der Waals surface area contributed by atoms with Crippen LogP contribution >= 0.6 is 0 Å². The molecular weight excluding hydrogens is 254 g/mol. The van der Waals surface area contributed by atoms with Gasteiger partial charge in [-0.2, -0.15) is 0 Å². The standard InChI is InChI=1S/C15H11N3O2/c16-14(19)10-4-3-5-11(8-10)20-15-12-6-1-2-7-13(12)17-9-18-15/h1-9H,(H2,16,19). The Balaban J connectivity index is 2.01. The minimum Gasteiger partial charge on any atom is -0.438 e. The van der Waals surface area contributed by atoms with Crippen LogP contribution in [0.5, 0.6) is 11.6 Å². The zero-order valence-corrected chi connectivity index (χ0v) is 10.5. The Bertz CT molecular complexity index is 781. The third kappa shape index (κ3) is 2.29. The van der Waals surface area contributed by atoms with Crippen molar-refractivity contribution >= 4 is 16.8 Å². The molecule has 5 nitrogen and oxygen atoms in total. The molecule has 0 aliphatic carbocycles. The number of nitrogens with two attached hydrogens (primary N) is 1. The van der Waals surface area contributed by atoms with Crippen LogP contribution in [0.4, 0.5) is 0 Å². The number of ether oxygens (including phenoxy) is 1. The van der Waals surface area contributed by atoms with Crippen molar-refractivity contribution in [3.05, 3.63) is 60.4 Å². The molecule has 0 saturated heterocycles. The first-order valence-corrected chi connectivity index (χ1v) is 6.01. The summed E-state index contributed by atoms with van der Waals surface area (Å²) in [6.07, 6.45) is 1.44. The summed E-state index contributed by atoms with van der Waals surface area (Å²) in [5.74, 6) is 0.449. The molecule has 2 aromatic carbocycles. The van der Waals surface area contributed by atoms with Crippen molar-refractivity contribution in [1.29, 1.82) is 0 Å². The Kier molecular flexibility index (Phi) is 3.01. The highest BCUT2D eigenvalue weighted by Gasteiger charge is 2.07. The summed E-state index contributed by atoms with van der Waals surface area (Å²) >= 11 is 0. The Hall–Kier alpha value is -2.95. The lowest BCUT2D eigenvalue weighted by molar-refractivity contribution is 0.1000. The lowest BCUT2D eigenvalue weighted by Crippen LogP contribution is -2.10. The predicted molar refractivity (Wildman–Crippen MR) is 74.6 cm³/mol. The largest absolute Gasteiger partial charge is 0.438 e. The summed E-state index contributed by atoms with van der Waals surface area (Å²) in [5, 5.41) is 0.805. The molecule has 1 aromatic heterocycles. The number of para-hydroxylation sites is 1. The van der Waals surface area contributed by atoms with Gasteiger partial charge in [-0.3, -0.25) is 4.79 Å². The number of aromatic nitrogens is 2. The number of hydrogen-bond acceptors (Lipinski definition) is 4. The van der Waals surface area contributed by atoms with Gasteiger partial charge < -0.3 is 10.5 Å². The molecule has 0 atom stereocenters. The zero-order valence-electron chi connectivity index (χ0n) is 10.5. The van der Waals surface area contributed by atoms with Gasteiger partial charge in [0.1, 0.15) is 12.1 Å². The second-order valence-electron chi connectivity index (χ2n) is 4.19. The monoisotopic (exact) mass is 265 g/mol. The quantitative estimate of drug-likeness (QED) is 0.789. The van der Waals surface area contributed by atoms with Crippen molar-refractivity contribution in [2.24, 2.45) is 5.73 Å². The van der Waals surface area contributed by atoms with Gasteiger partial charge in [0.25, 0.3) is 0 Å². The number of hydrogen-bond donors (Lipinski definition) is 1. The maximum absolute atomic E-state index is 11.2. The van der Waals surface area contributed by atoms with Crippen LogP contribution in [-0.4, -0.2) is 15.9 Å². The Morgan fingerprint density at radius 3 is 2.75 bits per heavy atom. The van der Waals surface area contributed by atoms with Crippen molar-refractivity contribution in [2.75, 3.05) is 0 Å². The minimum atomic E-state index is -0.497. The molecule has 2 N–H and O–H groups in total. The van der Waals surface area contributed by atoms with Crippen LogP contribution < -0.4 is 10.5 Å². The zero-order chi connectivity index (χ0) is 13.9. The first-order chi connectivity index (χ1) is 9.74. The molecule has 0 fully saturated rings. The van der Waals surface area contributed by atoms with E-state index in [4.69, 9.17) is 10.5 Å². The number of rotatable bonds is 3. The number of primary amides is 1. The second kappa shape index (κ2) is 4.97. The number of nitrogens with zero attached hydrogens (tertiary/aromatic N) is 2. The molecule has 0 spiro atoms. The summed E-state index contributed by atoms with van der Waals surface area (Å²) in [5.41, 5.74) is 6.43. The van der Waals surface area contributed by atoms with Gasteiger partial charge in [-0.1, -0.05) is 18.2 Å². The number of carbonyl (C=O) groups is 1. The fourth-order valence-electron chi connectivity index (χ4n) is 1.89. The van der Waals surface area contributed by atoms with E-state index in [9.17, 15) is 4.79 Å². The van der Waals surface area contributed by atoms with E-state index in [2.05, 4.69) is 9.97 Å². The van der Waals surface area contributed by atoms with Crippen LogP contribution in [0.15, 0.2) is 54.9 Å². The summed E-state index contributed by atoms with van der Waals surface area (Å²) in [6, 6.07) is 14.2. The lowest BCUT2D eigenvalue weighted by atomic mass is 10.2. The van der Waals surface area contributed by atoms with Gasteiger partial charge in [-0.25, -0.2) is 9.97 Å². The van der Waals surface area contributed by atoms with E-state index >= 15 is 0 Å². The van der Waals surface area contributed by atoms with Crippen LogP contribution in [0, 0.1) is 0 Å². The van der Waals surface area contributed by atoms with Gasteiger partial charge in [0, 0.05) is 5.56 Å². The van der Waals surface area contributed by atoms with Crippen molar-refractivity contribution in [3.63, 3.8) is 0 Å². The van der Waals surface area contributed by atoms with E-state index in [0.29, 0.717) is 17.2 Å². The third-order valence-electron chi connectivity index (χ3n) is 2.84. The first kappa shape index (κ1) is 12.1. The smallest absolute Gasteiger partial charge is 0.248 e. The molecule has 98 valence electrons. The molecule has 0 saturated carbocycles. The minimum absolute atomic E-state index is 0.390. The van der Waals surface area contributed by atoms with E-state index in [1.165, 1.54) is 6.33 Å². The molecular formula is C15H11N3O2. The third-order valence-corrected chi connectivity index (χ3v) is 2.84. The molecule has 3 rings (SSSR count). The topological polar surface area (TPSA) is 78.1 Å². The number of amides is 1. The van der Waals surface area contributed by atoms with Crippen molar-refractivity contribution < 1.29 is 9.53 Å². The normalized spacial score (nSPS) is 10.4. The molecule has 20 heavy (non-hydrogen) atoms. The molecule has 1 amide bonds. The molecule has 0 aliphatic rings. The molecule has 1 heterocycles. The SMILES string of the molecule is NC(=O)c1cccc(Oc2ncnc3ccccc23)c1. The van der Waals surface area contributed by atoms with E-state index in [0.717, 1.165) is 10.9 Å².